The molecule has 1 aromatic carbocycles. The minimum absolute atomic E-state index is 0.166. The summed E-state index contributed by atoms with van der Waals surface area (Å²) in [5, 5.41) is 4.12. The van der Waals surface area contributed by atoms with Crippen molar-refractivity contribution in [1.82, 2.24) is 5.32 Å². The minimum atomic E-state index is -0.166. The molecule has 0 atom stereocenters. The van der Waals surface area contributed by atoms with E-state index < -0.39 is 0 Å². The fourth-order valence-electron chi connectivity index (χ4n) is 1.12. The Hall–Kier alpha value is -0.410. The van der Waals surface area contributed by atoms with Crippen LogP contribution in [0.15, 0.2) is 18.2 Å². The average molecular weight is 246 g/mol. The number of nitrogens with one attached hydrogen (secondary N) is 1. The van der Waals surface area contributed by atoms with Crippen molar-refractivity contribution in [3.05, 3.63) is 35.1 Å². The molecule has 0 aliphatic rings. The van der Waals surface area contributed by atoms with Gasteiger partial charge < -0.3 is 5.32 Å². The van der Waals surface area contributed by atoms with Gasteiger partial charge in [-0.3, -0.25) is 0 Å². The van der Waals surface area contributed by atoms with Gasteiger partial charge in [0.05, 0.1) is 0 Å². The van der Waals surface area contributed by atoms with Crippen molar-refractivity contribution in [3.8, 4) is 0 Å². The lowest BCUT2D eigenvalue weighted by Crippen LogP contribution is -2.16. The van der Waals surface area contributed by atoms with E-state index in [9.17, 15) is 4.39 Å². The van der Waals surface area contributed by atoms with Gasteiger partial charge in [-0.2, -0.15) is 0 Å². The van der Waals surface area contributed by atoms with Gasteiger partial charge in [0, 0.05) is 18.4 Å². The fraction of sp³-hybridized carbons (Fsp3) is 0.400. The summed E-state index contributed by atoms with van der Waals surface area (Å²) >= 11 is 3.32. The maximum atomic E-state index is 12.8. The first-order valence-corrected chi connectivity index (χ1v) is 5.38. The molecular formula is C10H13BrFN. The third kappa shape index (κ3) is 3.44. The SMILES string of the molecule is Cc1ccc(F)cc1CNCCBr. The topological polar surface area (TPSA) is 12.0 Å². The van der Waals surface area contributed by atoms with Crippen LogP contribution in [0.3, 0.4) is 0 Å². The van der Waals surface area contributed by atoms with Crippen molar-refractivity contribution in [2.45, 2.75) is 13.5 Å². The second kappa shape index (κ2) is 5.35. The van der Waals surface area contributed by atoms with Gasteiger partial charge >= 0.3 is 0 Å². The van der Waals surface area contributed by atoms with Crippen LogP contribution in [0, 0.1) is 12.7 Å². The molecule has 0 bridgehead atoms. The number of alkyl halides is 1. The van der Waals surface area contributed by atoms with Crippen LogP contribution in [0.2, 0.25) is 0 Å². The molecule has 1 rings (SSSR count). The number of hydrogen-bond donors (Lipinski definition) is 1. The van der Waals surface area contributed by atoms with Crippen LogP contribution in [0.1, 0.15) is 11.1 Å². The van der Waals surface area contributed by atoms with Crippen LogP contribution in [0.5, 0.6) is 0 Å². The maximum absolute atomic E-state index is 12.8. The molecule has 0 heterocycles. The zero-order valence-electron chi connectivity index (χ0n) is 7.61. The number of benzene rings is 1. The van der Waals surface area contributed by atoms with E-state index in [1.54, 1.807) is 12.1 Å². The molecule has 0 unspecified atom stereocenters. The lowest BCUT2D eigenvalue weighted by atomic mass is 10.1. The van der Waals surface area contributed by atoms with Crippen molar-refractivity contribution in [3.63, 3.8) is 0 Å². The third-order valence-corrected chi connectivity index (χ3v) is 2.29. The lowest BCUT2D eigenvalue weighted by Gasteiger charge is -2.06. The highest BCUT2D eigenvalue weighted by molar-refractivity contribution is 9.09. The zero-order valence-corrected chi connectivity index (χ0v) is 9.20. The number of rotatable bonds is 4. The van der Waals surface area contributed by atoms with Crippen molar-refractivity contribution < 1.29 is 4.39 Å². The Morgan fingerprint density at radius 3 is 2.92 bits per heavy atom. The van der Waals surface area contributed by atoms with E-state index in [-0.39, 0.29) is 5.82 Å². The molecule has 0 saturated heterocycles. The second-order valence-corrected chi connectivity index (χ2v) is 3.73. The molecule has 1 nitrogen and oxygen atoms in total. The quantitative estimate of drug-likeness (QED) is 0.636. The maximum Gasteiger partial charge on any atom is 0.123 e. The number of halogens is 2. The second-order valence-electron chi connectivity index (χ2n) is 2.94. The zero-order chi connectivity index (χ0) is 9.68. The summed E-state index contributed by atoms with van der Waals surface area (Å²) in [4.78, 5) is 0. The summed E-state index contributed by atoms with van der Waals surface area (Å²) in [5.74, 6) is -0.166. The predicted octanol–water partition coefficient (Wildman–Crippen LogP) is 2.62. The van der Waals surface area contributed by atoms with Crippen molar-refractivity contribution in [1.29, 1.82) is 0 Å². The Balaban J connectivity index is 2.59. The molecule has 1 aromatic rings. The van der Waals surface area contributed by atoms with E-state index in [1.165, 1.54) is 6.07 Å². The summed E-state index contributed by atoms with van der Waals surface area (Å²) in [7, 11) is 0. The monoisotopic (exact) mass is 245 g/mol. The Labute approximate surface area is 86.5 Å². The summed E-state index contributed by atoms with van der Waals surface area (Å²) in [5.41, 5.74) is 2.16. The molecule has 0 saturated carbocycles. The van der Waals surface area contributed by atoms with E-state index in [0.29, 0.717) is 0 Å². The minimum Gasteiger partial charge on any atom is -0.312 e. The highest BCUT2D eigenvalue weighted by atomic mass is 79.9. The standard InChI is InChI=1S/C10H13BrFN/c1-8-2-3-10(12)6-9(8)7-13-5-4-11/h2-3,6,13H,4-5,7H2,1H3. The predicted molar refractivity (Wildman–Crippen MR) is 56.6 cm³/mol. The molecule has 0 aliphatic heterocycles. The van der Waals surface area contributed by atoms with E-state index >= 15 is 0 Å². The Bertz CT molecular complexity index is 276. The fourth-order valence-corrected chi connectivity index (χ4v) is 1.40. The van der Waals surface area contributed by atoms with E-state index in [2.05, 4.69) is 21.2 Å². The highest BCUT2D eigenvalue weighted by Gasteiger charge is 1.98. The Morgan fingerprint density at radius 2 is 2.23 bits per heavy atom. The molecule has 0 fully saturated rings. The summed E-state index contributed by atoms with van der Waals surface area (Å²) in [6, 6.07) is 4.88. The number of aryl methyl sites for hydroxylation is 1. The van der Waals surface area contributed by atoms with Gasteiger partial charge in [-0.15, -0.1) is 0 Å². The van der Waals surface area contributed by atoms with E-state index in [1.807, 2.05) is 6.92 Å². The Morgan fingerprint density at radius 1 is 1.46 bits per heavy atom. The van der Waals surface area contributed by atoms with Gasteiger partial charge in [0.25, 0.3) is 0 Å². The lowest BCUT2D eigenvalue weighted by molar-refractivity contribution is 0.621. The first-order valence-electron chi connectivity index (χ1n) is 4.25. The molecule has 0 spiro atoms. The van der Waals surface area contributed by atoms with Crippen LogP contribution in [0.4, 0.5) is 4.39 Å². The molecule has 0 radical (unpaired) electrons. The Kier molecular flexibility index (Phi) is 4.39. The van der Waals surface area contributed by atoms with Crippen LogP contribution in [0.25, 0.3) is 0 Å². The molecule has 72 valence electrons. The van der Waals surface area contributed by atoms with Crippen molar-refractivity contribution >= 4 is 15.9 Å². The van der Waals surface area contributed by atoms with Gasteiger partial charge in [0.2, 0.25) is 0 Å². The largest absolute Gasteiger partial charge is 0.312 e. The van der Waals surface area contributed by atoms with E-state index in [4.69, 9.17) is 0 Å². The molecule has 1 N–H and O–H groups in total. The van der Waals surface area contributed by atoms with Crippen LogP contribution in [-0.2, 0) is 6.54 Å². The van der Waals surface area contributed by atoms with E-state index in [0.717, 1.165) is 29.5 Å². The molecule has 3 heteroatoms. The van der Waals surface area contributed by atoms with Gasteiger partial charge in [-0.05, 0) is 30.2 Å². The van der Waals surface area contributed by atoms with Crippen LogP contribution < -0.4 is 5.32 Å². The van der Waals surface area contributed by atoms with Crippen LogP contribution in [-0.4, -0.2) is 11.9 Å². The summed E-state index contributed by atoms with van der Waals surface area (Å²) < 4.78 is 12.8. The normalized spacial score (nSPS) is 10.4. The molecule has 0 aromatic heterocycles. The third-order valence-electron chi connectivity index (χ3n) is 1.90. The molecular weight excluding hydrogens is 233 g/mol. The summed E-state index contributed by atoms with van der Waals surface area (Å²) in [6.45, 7) is 3.62. The van der Waals surface area contributed by atoms with Gasteiger partial charge in [0.15, 0.2) is 0 Å². The first-order chi connectivity index (χ1) is 6.24. The van der Waals surface area contributed by atoms with Gasteiger partial charge in [-0.25, -0.2) is 4.39 Å². The van der Waals surface area contributed by atoms with Crippen molar-refractivity contribution in [2.75, 3.05) is 11.9 Å². The van der Waals surface area contributed by atoms with Gasteiger partial charge in [-0.1, -0.05) is 22.0 Å². The number of hydrogen-bond acceptors (Lipinski definition) is 1. The molecule has 13 heavy (non-hydrogen) atoms. The highest BCUT2D eigenvalue weighted by Crippen LogP contribution is 2.09. The molecule has 0 aliphatic carbocycles. The van der Waals surface area contributed by atoms with Crippen LogP contribution >= 0.6 is 15.9 Å². The molecule has 0 amide bonds. The smallest absolute Gasteiger partial charge is 0.123 e. The first kappa shape index (κ1) is 10.7. The summed E-state index contributed by atoms with van der Waals surface area (Å²) in [6.07, 6.45) is 0. The van der Waals surface area contributed by atoms with Crippen molar-refractivity contribution in [2.24, 2.45) is 0 Å². The average Bonchev–Trinajstić information content (AvgIpc) is 2.11. The van der Waals surface area contributed by atoms with Gasteiger partial charge in [0.1, 0.15) is 5.82 Å².